The summed E-state index contributed by atoms with van der Waals surface area (Å²) >= 11 is 0. The van der Waals surface area contributed by atoms with Gasteiger partial charge in [-0.05, 0) is 45.1 Å². The maximum atomic E-state index is 3.56. The molecular formula is C16H22. The molecule has 0 N–H and O–H groups in total. The van der Waals surface area contributed by atoms with E-state index in [0.717, 1.165) is 0 Å². The Labute approximate surface area is 99.7 Å². The van der Waals surface area contributed by atoms with Crippen LogP contribution in [0.25, 0.3) is 6.08 Å². The van der Waals surface area contributed by atoms with Gasteiger partial charge in [0.05, 0.1) is 0 Å². The van der Waals surface area contributed by atoms with Crippen molar-refractivity contribution in [2.45, 2.75) is 39.5 Å². The molecule has 16 heavy (non-hydrogen) atoms. The van der Waals surface area contributed by atoms with Crippen molar-refractivity contribution in [2.75, 3.05) is 0 Å². The summed E-state index contributed by atoms with van der Waals surface area (Å²) in [6, 6.07) is 10.6. The van der Waals surface area contributed by atoms with E-state index < -0.39 is 0 Å². The zero-order valence-electron chi connectivity index (χ0n) is 10.5. The molecule has 0 spiro atoms. The number of rotatable bonds is 1. The average molecular weight is 214 g/mol. The predicted octanol–water partition coefficient (Wildman–Crippen LogP) is 5.23. The van der Waals surface area contributed by atoms with E-state index >= 15 is 0 Å². The molecule has 0 atom stereocenters. The van der Waals surface area contributed by atoms with Crippen LogP contribution < -0.4 is 0 Å². The molecule has 1 fully saturated rings. The van der Waals surface area contributed by atoms with Crippen LogP contribution in [0.4, 0.5) is 0 Å². The molecule has 1 aromatic rings. The van der Waals surface area contributed by atoms with Gasteiger partial charge < -0.3 is 0 Å². The van der Waals surface area contributed by atoms with E-state index in [1.165, 1.54) is 36.8 Å². The molecule has 1 aliphatic carbocycles. The quantitative estimate of drug-likeness (QED) is 0.562. The van der Waals surface area contributed by atoms with E-state index in [9.17, 15) is 0 Å². The number of hydrogen-bond acceptors (Lipinski definition) is 0. The molecule has 0 aliphatic heterocycles. The highest BCUT2D eigenvalue weighted by Crippen LogP contribution is 2.25. The SMILES string of the molecule is C(=C1CCCC1)c1ccccc1.C=C(C)C. The van der Waals surface area contributed by atoms with Crippen LogP contribution in [0.3, 0.4) is 0 Å². The lowest BCUT2D eigenvalue weighted by Gasteiger charge is -1.95. The molecule has 0 nitrogen and oxygen atoms in total. The fourth-order valence-electron chi connectivity index (χ4n) is 1.76. The Bertz CT molecular complexity index is 332. The Kier molecular flexibility index (Phi) is 5.63. The van der Waals surface area contributed by atoms with Crippen molar-refractivity contribution >= 4 is 6.08 Å². The summed E-state index contributed by atoms with van der Waals surface area (Å²) in [5.41, 5.74) is 4.15. The van der Waals surface area contributed by atoms with Gasteiger partial charge in [-0.2, -0.15) is 0 Å². The summed E-state index contributed by atoms with van der Waals surface area (Å²) in [4.78, 5) is 0. The maximum absolute atomic E-state index is 3.56. The minimum Gasteiger partial charge on any atom is -0.100 e. The van der Waals surface area contributed by atoms with Crippen LogP contribution in [0.15, 0.2) is 48.1 Å². The lowest BCUT2D eigenvalue weighted by molar-refractivity contribution is 0.886. The molecule has 2 rings (SSSR count). The predicted molar refractivity (Wildman–Crippen MR) is 73.4 cm³/mol. The third-order valence-corrected chi connectivity index (χ3v) is 2.42. The van der Waals surface area contributed by atoms with E-state index in [-0.39, 0.29) is 0 Å². The highest BCUT2D eigenvalue weighted by Gasteiger charge is 2.05. The Morgan fingerprint density at radius 1 is 1.06 bits per heavy atom. The zero-order valence-corrected chi connectivity index (χ0v) is 10.5. The van der Waals surface area contributed by atoms with Crippen LogP contribution in [0.5, 0.6) is 0 Å². The lowest BCUT2D eigenvalue weighted by Crippen LogP contribution is -1.73. The smallest absolute Gasteiger partial charge is 0.0257 e. The fraction of sp³-hybridized carbons (Fsp3) is 0.375. The number of benzene rings is 1. The lowest BCUT2D eigenvalue weighted by atomic mass is 10.1. The molecule has 1 saturated carbocycles. The Morgan fingerprint density at radius 2 is 1.56 bits per heavy atom. The standard InChI is InChI=1S/C12H14.C4H8/c1-2-6-11(7-3-1)10-12-8-4-5-9-12;1-4(2)3/h1-3,6-7,10H,4-5,8-9H2;1H2,2-3H3. The zero-order chi connectivity index (χ0) is 11.8. The summed E-state index contributed by atoms with van der Waals surface area (Å²) in [6.07, 6.45) is 7.74. The summed E-state index contributed by atoms with van der Waals surface area (Å²) < 4.78 is 0. The van der Waals surface area contributed by atoms with Crippen molar-refractivity contribution < 1.29 is 0 Å². The van der Waals surface area contributed by atoms with Gasteiger partial charge in [-0.15, -0.1) is 6.58 Å². The first kappa shape index (κ1) is 12.8. The Hall–Kier alpha value is -1.30. The minimum atomic E-state index is 1.17. The highest BCUT2D eigenvalue weighted by atomic mass is 14.1. The normalized spacial score (nSPS) is 14.0. The van der Waals surface area contributed by atoms with E-state index in [4.69, 9.17) is 0 Å². The molecule has 1 aliphatic rings. The fourth-order valence-corrected chi connectivity index (χ4v) is 1.76. The van der Waals surface area contributed by atoms with E-state index in [1.807, 2.05) is 13.8 Å². The van der Waals surface area contributed by atoms with Gasteiger partial charge in [-0.1, -0.05) is 47.6 Å². The van der Waals surface area contributed by atoms with Crippen LogP contribution in [0, 0.1) is 0 Å². The number of hydrogen-bond donors (Lipinski definition) is 0. The van der Waals surface area contributed by atoms with E-state index in [0.29, 0.717) is 0 Å². The molecule has 0 aromatic heterocycles. The van der Waals surface area contributed by atoms with Gasteiger partial charge in [0.2, 0.25) is 0 Å². The number of allylic oxidation sites excluding steroid dienone is 2. The molecule has 0 unspecified atom stereocenters. The molecular weight excluding hydrogens is 192 g/mol. The molecule has 86 valence electrons. The summed E-state index contributed by atoms with van der Waals surface area (Å²) in [5.74, 6) is 0. The second-order valence-electron chi connectivity index (χ2n) is 4.63. The van der Waals surface area contributed by atoms with Crippen molar-refractivity contribution in [3.8, 4) is 0 Å². The third kappa shape index (κ3) is 5.55. The molecule has 0 bridgehead atoms. The average Bonchev–Trinajstić information content (AvgIpc) is 2.71. The van der Waals surface area contributed by atoms with Gasteiger partial charge in [0.15, 0.2) is 0 Å². The summed E-state index contributed by atoms with van der Waals surface area (Å²) in [5, 5.41) is 0. The van der Waals surface area contributed by atoms with E-state index in [1.54, 1.807) is 5.57 Å². The monoisotopic (exact) mass is 214 g/mol. The Balaban J connectivity index is 0.000000280. The van der Waals surface area contributed by atoms with Crippen LogP contribution in [-0.4, -0.2) is 0 Å². The van der Waals surface area contributed by atoms with Gasteiger partial charge in [0.1, 0.15) is 0 Å². The summed E-state index contributed by atoms with van der Waals surface area (Å²) in [7, 11) is 0. The van der Waals surface area contributed by atoms with Crippen molar-refractivity contribution in [3.63, 3.8) is 0 Å². The van der Waals surface area contributed by atoms with Gasteiger partial charge in [-0.25, -0.2) is 0 Å². The van der Waals surface area contributed by atoms with Crippen LogP contribution in [0.1, 0.15) is 45.1 Å². The molecule has 0 radical (unpaired) electrons. The van der Waals surface area contributed by atoms with Crippen LogP contribution in [0.2, 0.25) is 0 Å². The maximum Gasteiger partial charge on any atom is -0.0257 e. The highest BCUT2D eigenvalue weighted by molar-refractivity contribution is 5.52. The topological polar surface area (TPSA) is 0 Å². The minimum absolute atomic E-state index is 1.17. The molecule has 0 amide bonds. The molecule has 0 saturated heterocycles. The van der Waals surface area contributed by atoms with E-state index in [2.05, 4.69) is 43.0 Å². The first-order chi connectivity index (χ1) is 7.68. The van der Waals surface area contributed by atoms with Gasteiger partial charge in [0.25, 0.3) is 0 Å². The largest absolute Gasteiger partial charge is 0.100 e. The Morgan fingerprint density at radius 3 is 2.06 bits per heavy atom. The van der Waals surface area contributed by atoms with Gasteiger partial charge in [-0.3, -0.25) is 0 Å². The summed E-state index contributed by atoms with van der Waals surface area (Å²) in [6.45, 7) is 7.50. The van der Waals surface area contributed by atoms with Gasteiger partial charge in [0, 0.05) is 0 Å². The second kappa shape index (κ2) is 7.05. The van der Waals surface area contributed by atoms with Gasteiger partial charge >= 0.3 is 0 Å². The van der Waals surface area contributed by atoms with Crippen molar-refractivity contribution in [2.24, 2.45) is 0 Å². The second-order valence-corrected chi connectivity index (χ2v) is 4.63. The first-order valence-corrected chi connectivity index (χ1v) is 6.05. The molecule has 1 aromatic carbocycles. The first-order valence-electron chi connectivity index (χ1n) is 6.05. The van der Waals surface area contributed by atoms with Crippen LogP contribution in [-0.2, 0) is 0 Å². The van der Waals surface area contributed by atoms with Crippen molar-refractivity contribution in [1.29, 1.82) is 0 Å². The van der Waals surface area contributed by atoms with Crippen molar-refractivity contribution in [3.05, 3.63) is 53.6 Å². The molecule has 0 heterocycles. The van der Waals surface area contributed by atoms with Crippen LogP contribution >= 0.6 is 0 Å². The third-order valence-electron chi connectivity index (χ3n) is 2.42. The molecule has 0 heteroatoms. The van der Waals surface area contributed by atoms with Crippen molar-refractivity contribution in [1.82, 2.24) is 0 Å².